The molecule has 0 aliphatic carbocycles. The monoisotopic (exact) mass is 236 g/mol. The summed E-state index contributed by atoms with van der Waals surface area (Å²) in [6.07, 6.45) is 1.40. The van der Waals surface area contributed by atoms with Gasteiger partial charge in [0.2, 0.25) is 10.0 Å². The maximum Gasteiger partial charge on any atom is 0.243 e. The van der Waals surface area contributed by atoms with Crippen molar-refractivity contribution < 1.29 is 13.5 Å². The first-order chi connectivity index (χ1) is 6.58. The standard InChI is InChI=1S/C7H9ClN2O3S/c8-7-6(2-1-3-9-7)14(12,13)10-4-5-11/h1-3,10-11H,4-5H2. The summed E-state index contributed by atoms with van der Waals surface area (Å²) in [5, 5.41) is 8.38. The lowest BCUT2D eigenvalue weighted by atomic mass is 10.5. The molecule has 2 N–H and O–H groups in total. The van der Waals surface area contributed by atoms with Crippen LogP contribution in [0.5, 0.6) is 0 Å². The number of rotatable bonds is 4. The third kappa shape index (κ3) is 2.65. The second kappa shape index (κ2) is 4.70. The molecule has 0 atom stereocenters. The first kappa shape index (κ1) is 11.4. The van der Waals surface area contributed by atoms with Gasteiger partial charge in [-0.3, -0.25) is 0 Å². The minimum atomic E-state index is -3.66. The molecule has 7 heteroatoms. The lowest BCUT2D eigenvalue weighted by Gasteiger charge is -2.05. The van der Waals surface area contributed by atoms with E-state index in [4.69, 9.17) is 16.7 Å². The van der Waals surface area contributed by atoms with Crippen LogP contribution in [0, 0.1) is 0 Å². The molecule has 1 aromatic rings. The van der Waals surface area contributed by atoms with Crippen LogP contribution < -0.4 is 4.72 Å². The summed E-state index contributed by atoms with van der Waals surface area (Å²) in [6.45, 7) is -0.315. The van der Waals surface area contributed by atoms with Crippen LogP contribution in [0.15, 0.2) is 23.2 Å². The SMILES string of the molecule is O=S(=O)(NCCO)c1cccnc1Cl. The average molecular weight is 237 g/mol. The highest BCUT2D eigenvalue weighted by atomic mass is 35.5. The van der Waals surface area contributed by atoms with E-state index in [-0.39, 0.29) is 23.2 Å². The maximum absolute atomic E-state index is 11.5. The largest absolute Gasteiger partial charge is 0.395 e. The molecular weight excluding hydrogens is 228 g/mol. The summed E-state index contributed by atoms with van der Waals surface area (Å²) in [4.78, 5) is 3.55. The average Bonchev–Trinajstić information content (AvgIpc) is 2.15. The summed E-state index contributed by atoms with van der Waals surface area (Å²) in [6, 6.07) is 2.81. The van der Waals surface area contributed by atoms with E-state index in [2.05, 4.69) is 9.71 Å². The van der Waals surface area contributed by atoms with Crippen molar-refractivity contribution in [1.29, 1.82) is 0 Å². The Morgan fingerprint density at radius 2 is 2.29 bits per heavy atom. The minimum absolute atomic E-state index is 0.0481. The lowest BCUT2D eigenvalue weighted by Crippen LogP contribution is -2.27. The van der Waals surface area contributed by atoms with E-state index in [9.17, 15) is 8.42 Å². The number of pyridine rings is 1. The van der Waals surface area contributed by atoms with E-state index >= 15 is 0 Å². The van der Waals surface area contributed by atoms with Crippen molar-refractivity contribution in [1.82, 2.24) is 9.71 Å². The normalized spacial score (nSPS) is 11.6. The number of aliphatic hydroxyl groups is 1. The highest BCUT2D eigenvalue weighted by Crippen LogP contribution is 2.16. The van der Waals surface area contributed by atoms with E-state index in [0.29, 0.717) is 0 Å². The van der Waals surface area contributed by atoms with Crippen molar-refractivity contribution in [3.63, 3.8) is 0 Å². The zero-order valence-corrected chi connectivity index (χ0v) is 8.72. The summed E-state index contributed by atoms with van der Waals surface area (Å²) in [5.41, 5.74) is 0. The Morgan fingerprint density at radius 1 is 1.57 bits per heavy atom. The predicted octanol–water partition coefficient (Wildman–Crippen LogP) is 0.00560. The van der Waals surface area contributed by atoms with Gasteiger partial charge in [-0.2, -0.15) is 0 Å². The van der Waals surface area contributed by atoms with Gasteiger partial charge in [-0.05, 0) is 12.1 Å². The van der Waals surface area contributed by atoms with Crippen molar-refractivity contribution >= 4 is 21.6 Å². The first-order valence-corrected chi connectivity index (χ1v) is 5.65. The van der Waals surface area contributed by atoms with Crippen LogP contribution in [0.4, 0.5) is 0 Å². The number of aliphatic hydroxyl groups excluding tert-OH is 1. The van der Waals surface area contributed by atoms with Gasteiger partial charge < -0.3 is 5.11 Å². The van der Waals surface area contributed by atoms with Crippen LogP contribution in [-0.4, -0.2) is 31.7 Å². The van der Waals surface area contributed by atoms with Crippen molar-refractivity contribution in [3.05, 3.63) is 23.5 Å². The van der Waals surface area contributed by atoms with E-state index in [0.717, 1.165) is 0 Å². The second-order valence-electron chi connectivity index (χ2n) is 2.41. The molecule has 1 rings (SSSR count). The smallest absolute Gasteiger partial charge is 0.243 e. The van der Waals surface area contributed by atoms with Crippen molar-refractivity contribution in [2.45, 2.75) is 4.90 Å². The van der Waals surface area contributed by atoms with Crippen molar-refractivity contribution in [3.8, 4) is 0 Å². The molecule has 5 nitrogen and oxygen atoms in total. The molecule has 78 valence electrons. The Balaban J connectivity index is 2.99. The summed E-state index contributed by atoms with van der Waals surface area (Å²) < 4.78 is 25.1. The van der Waals surface area contributed by atoms with Crippen molar-refractivity contribution in [2.75, 3.05) is 13.2 Å². The first-order valence-electron chi connectivity index (χ1n) is 3.79. The molecule has 1 heterocycles. The van der Waals surface area contributed by atoms with Gasteiger partial charge >= 0.3 is 0 Å². The molecule has 0 unspecified atom stereocenters. The highest BCUT2D eigenvalue weighted by molar-refractivity contribution is 7.89. The van der Waals surface area contributed by atoms with Crippen LogP contribution >= 0.6 is 11.6 Å². The Hall–Kier alpha value is -0.690. The van der Waals surface area contributed by atoms with Gasteiger partial charge in [0.25, 0.3) is 0 Å². The molecular formula is C7H9ClN2O3S. The molecule has 1 aromatic heterocycles. The van der Waals surface area contributed by atoms with Crippen LogP contribution in [0.1, 0.15) is 0 Å². The van der Waals surface area contributed by atoms with Gasteiger partial charge in [-0.25, -0.2) is 18.1 Å². The van der Waals surface area contributed by atoms with Gasteiger partial charge in [0, 0.05) is 12.7 Å². The van der Waals surface area contributed by atoms with E-state index in [1.54, 1.807) is 0 Å². The van der Waals surface area contributed by atoms with Gasteiger partial charge in [0.05, 0.1) is 6.61 Å². The van der Waals surface area contributed by atoms with E-state index in [1.807, 2.05) is 0 Å². The predicted molar refractivity (Wildman–Crippen MR) is 51.5 cm³/mol. The van der Waals surface area contributed by atoms with Crippen LogP contribution in [0.3, 0.4) is 0 Å². The highest BCUT2D eigenvalue weighted by Gasteiger charge is 2.16. The summed E-state index contributed by atoms with van der Waals surface area (Å²) >= 11 is 5.59. The van der Waals surface area contributed by atoms with Crippen LogP contribution in [0.2, 0.25) is 5.15 Å². The number of nitrogens with zero attached hydrogens (tertiary/aromatic N) is 1. The topological polar surface area (TPSA) is 79.3 Å². The zero-order valence-electron chi connectivity index (χ0n) is 7.14. The van der Waals surface area contributed by atoms with Crippen molar-refractivity contribution in [2.24, 2.45) is 0 Å². The third-order valence-electron chi connectivity index (χ3n) is 1.42. The Kier molecular flexibility index (Phi) is 3.82. The van der Waals surface area contributed by atoms with Gasteiger partial charge in [-0.15, -0.1) is 0 Å². The van der Waals surface area contributed by atoms with Crippen LogP contribution in [0.25, 0.3) is 0 Å². The van der Waals surface area contributed by atoms with Gasteiger partial charge in [0.1, 0.15) is 10.0 Å². The fourth-order valence-corrected chi connectivity index (χ4v) is 2.30. The number of halogens is 1. The Labute approximate surface area is 86.8 Å². The molecule has 0 aliphatic rings. The molecule has 0 saturated carbocycles. The van der Waals surface area contributed by atoms with Crippen LogP contribution in [-0.2, 0) is 10.0 Å². The fourth-order valence-electron chi connectivity index (χ4n) is 0.829. The Bertz CT molecular complexity index is 407. The quantitative estimate of drug-likeness (QED) is 0.722. The number of hydrogen-bond acceptors (Lipinski definition) is 4. The number of nitrogens with one attached hydrogen (secondary N) is 1. The lowest BCUT2D eigenvalue weighted by molar-refractivity contribution is 0.301. The molecule has 0 aliphatic heterocycles. The maximum atomic E-state index is 11.5. The number of hydrogen-bond donors (Lipinski definition) is 2. The second-order valence-corrected chi connectivity index (χ2v) is 4.51. The van der Waals surface area contributed by atoms with E-state index < -0.39 is 10.0 Å². The molecule has 14 heavy (non-hydrogen) atoms. The molecule has 0 spiro atoms. The summed E-state index contributed by atoms with van der Waals surface area (Å²) in [5.74, 6) is 0. The molecule has 0 amide bonds. The Morgan fingerprint density at radius 3 is 2.86 bits per heavy atom. The van der Waals surface area contributed by atoms with Gasteiger partial charge in [-0.1, -0.05) is 11.6 Å². The third-order valence-corrected chi connectivity index (χ3v) is 3.32. The molecule has 0 aromatic carbocycles. The zero-order chi connectivity index (χ0) is 10.6. The molecule has 0 radical (unpaired) electrons. The van der Waals surface area contributed by atoms with Gasteiger partial charge in [0.15, 0.2) is 0 Å². The molecule has 0 saturated heterocycles. The fraction of sp³-hybridized carbons (Fsp3) is 0.286. The number of aromatic nitrogens is 1. The minimum Gasteiger partial charge on any atom is -0.395 e. The van der Waals surface area contributed by atoms with E-state index in [1.165, 1.54) is 18.3 Å². The molecule has 0 fully saturated rings. The summed E-state index contributed by atoms with van der Waals surface area (Å²) in [7, 11) is -3.66. The molecule has 0 bridgehead atoms. The number of sulfonamides is 1.